The van der Waals surface area contributed by atoms with Crippen LogP contribution in [-0.2, 0) is 16.2 Å². The first-order valence-corrected chi connectivity index (χ1v) is 9.12. The number of carbonyl (C=O) groups is 2. The number of nitrogens with one attached hydrogen (secondary N) is 2. The van der Waals surface area contributed by atoms with Gasteiger partial charge in [0.1, 0.15) is 12.4 Å². The fourth-order valence-corrected chi connectivity index (χ4v) is 2.29. The number of para-hydroxylation sites is 1. The molecule has 0 radical (unpaired) electrons. The maximum absolute atomic E-state index is 13.0. The van der Waals surface area contributed by atoms with Crippen molar-refractivity contribution in [3.8, 4) is 11.5 Å². The molecule has 0 aliphatic rings. The maximum Gasteiger partial charge on any atom is 0.329 e. The summed E-state index contributed by atoms with van der Waals surface area (Å²) in [6.45, 7) is 3.89. The van der Waals surface area contributed by atoms with Gasteiger partial charge in [0.05, 0.1) is 13.3 Å². The maximum atomic E-state index is 13.0. The van der Waals surface area contributed by atoms with Gasteiger partial charge in [-0.15, -0.1) is 0 Å². The summed E-state index contributed by atoms with van der Waals surface area (Å²) in [6.07, 6.45) is 2.07. The van der Waals surface area contributed by atoms with Gasteiger partial charge in [-0.1, -0.05) is 25.1 Å². The summed E-state index contributed by atoms with van der Waals surface area (Å²) in [5.41, 5.74) is 3.50. The summed E-state index contributed by atoms with van der Waals surface area (Å²) in [5, 5.41) is 6.38. The molecule has 8 heteroatoms. The zero-order valence-corrected chi connectivity index (χ0v) is 16.6. The van der Waals surface area contributed by atoms with Gasteiger partial charge in [0.25, 0.3) is 0 Å². The van der Waals surface area contributed by atoms with Gasteiger partial charge < -0.3 is 14.8 Å². The lowest BCUT2D eigenvalue weighted by Gasteiger charge is -2.13. The highest BCUT2D eigenvalue weighted by Crippen LogP contribution is 2.30. The van der Waals surface area contributed by atoms with Crippen molar-refractivity contribution < 1.29 is 23.5 Å². The number of hydrogen-bond acceptors (Lipinski definition) is 5. The van der Waals surface area contributed by atoms with Gasteiger partial charge in [-0.2, -0.15) is 5.10 Å². The predicted molar refractivity (Wildman–Crippen MR) is 107 cm³/mol. The van der Waals surface area contributed by atoms with Crippen molar-refractivity contribution in [1.82, 2.24) is 10.7 Å². The smallest absolute Gasteiger partial charge is 0.329 e. The number of amides is 2. The second-order valence-corrected chi connectivity index (χ2v) is 6.28. The van der Waals surface area contributed by atoms with E-state index in [1.807, 2.05) is 6.92 Å². The molecule has 2 aromatic rings. The molecule has 0 aromatic heterocycles. The zero-order valence-electron chi connectivity index (χ0n) is 16.6. The molecule has 2 amide bonds. The molecule has 0 unspecified atom stereocenters. The number of nitrogens with zero attached hydrogens (tertiary/aromatic N) is 1. The van der Waals surface area contributed by atoms with E-state index in [0.717, 1.165) is 5.56 Å². The van der Waals surface area contributed by atoms with E-state index < -0.39 is 11.8 Å². The average molecular weight is 401 g/mol. The minimum Gasteiger partial charge on any atom is -0.493 e. The fraction of sp³-hybridized carbons (Fsp3) is 0.286. The number of halogens is 1. The number of methoxy groups -OCH3 is 1. The Kier molecular flexibility index (Phi) is 8.14. The van der Waals surface area contributed by atoms with Crippen molar-refractivity contribution in [2.75, 3.05) is 7.11 Å². The van der Waals surface area contributed by atoms with E-state index in [1.165, 1.54) is 25.5 Å². The van der Waals surface area contributed by atoms with E-state index in [-0.39, 0.29) is 18.5 Å². The second kappa shape index (κ2) is 10.8. The lowest BCUT2D eigenvalue weighted by Crippen LogP contribution is -2.41. The van der Waals surface area contributed by atoms with Crippen LogP contribution in [0.2, 0.25) is 0 Å². The van der Waals surface area contributed by atoms with Crippen molar-refractivity contribution in [3.05, 3.63) is 59.4 Å². The van der Waals surface area contributed by atoms with Gasteiger partial charge in [0, 0.05) is 11.6 Å². The normalized spacial score (nSPS) is 11.7. The number of carbonyl (C=O) groups excluding carboxylic acids is 2. The molecule has 0 bridgehead atoms. The molecule has 7 nitrogen and oxygen atoms in total. The number of ether oxygens (including phenoxy) is 2. The Morgan fingerprint density at radius 1 is 1.17 bits per heavy atom. The van der Waals surface area contributed by atoms with E-state index >= 15 is 0 Å². The molecule has 0 saturated heterocycles. The fourth-order valence-electron chi connectivity index (χ4n) is 2.29. The molecule has 0 spiro atoms. The van der Waals surface area contributed by atoms with Gasteiger partial charge in [-0.05, 0) is 43.2 Å². The quantitative estimate of drug-likeness (QED) is 0.404. The third-order valence-corrected chi connectivity index (χ3v) is 4.09. The zero-order chi connectivity index (χ0) is 21.2. The topological polar surface area (TPSA) is 89.0 Å². The molecule has 2 N–H and O–H groups in total. The van der Waals surface area contributed by atoms with E-state index in [1.54, 1.807) is 37.3 Å². The number of rotatable bonds is 8. The van der Waals surface area contributed by atoms with Gasteiger partial charge in [0.2, 0.25) is 0 Å². The lowest BCUT2D eigenvalue weighted by atomic mass is 10.2. The summed E-state index contributed by atoms with van der Waals surface area (Å²) in [7, 11) is 1.50. The molecule has 154 valence electrons. The SMILES string of the molecule is CC[C@H](C)NC(=O)C(=O)N/N=C\c1cccc(OC)c1OCc1ccc(F)cc1. The Bertz CT molecular complexity index is 869. The van der Waals surface area contributed by atoms with Crippen molar-refractivity contribution in [1.29, 1.82) is 0 Å². The molecule has 2 rings (SSSR count). The molecule has 0 aliphatic heterocycles. The first-order valence-electron chi connectivity index (χ1n) is 9.12. The third-order valence-electron chi connectivity index (χ3n) is 4.09. The molecule has 0 aliphatic carbocycles. The minimum atomic E-state index is -0.863. The Morgan fingerprint density at radius 2 is 1.90 bits per heavy atom. The van der Waals surface area contributed by atoms with Gasteiger partial charge in [-0.25, -0.2) is 9.82 Å². The van der Waals surface area contributed by atoms with Crippen molar-refractivity contribution >= 4 is 18.0 Å². The molecule has 2 aromatic carbocycles. The highest BCUT2D eigenvalue weighted by Gasteiger charge is 2.15. The monoisotopic (exact) mass is 401 g/mol. The largest absolute Gasteiger partial charge is 0.493 e. The van der Waals surface area contributed by atoms with Gasteiger partial charge >= 0.3 is 11.8 Å². The predicted octanol–water partition coefficient (Wildman–Crippen LogP) is 2.78. The summed E-state index contributed by atoms with van der Waals surface area (Å²) in [5.74, 6) is -1.07. The number of hydrazone groups is 1. The molecular weight excluding hydrogens is 377 g/mol. The average Bonchev–Trinajstić information content (AvgIpc) is 2.73. The van der Waals surface area contributed by atoms with Crippen LogP contribution < -0.4 is 20.2 Å². The Morgan fingerprint density at radius 3 is 2.55 bits per heavy atom. The lowest BCUT2D eigenvalue weighted by molar-refractivity contribution is -0.139. The highest BCUT2D eigenvalue weighted by molar-refractivity contribution is 6.35. The van der Waals surface area contributed by atoms with E-state index in [4.69, 9.17) is 9.47 Å². The molecular formula is C21H24FN3O4. The first kappa shape index (κ1) is 21.9. The van der Waals surface area contributed by atoms with Crippen LogP contribution in [0.4, 0.5) is 4.39 Å². The standard InChI is InChI=1S/C21H24FN3O4/c1-4-14(2)24-20(26)21(27)25-23-12-16-6-5-7-18(28-3)19(16)29-13-15-8-10-17(22)11-9-15/h5-12,14H,4,13H2,1-3H3,(H,24,26)(H,25,27)/b23-12-/t14-/m0/s1. The van der Waals surface area contributed by atoms with E-state index in [2.05, 4.69) is 15.8 Å². The molecule has 1 atom stereocenters. The Balaban J connectivity index is 2.07. The van der Waals surface area contributed by atoms with Crippen molar-refractivity contribution in [3.63, 3.8) is 0 Å². The van der Waals surface area contributed by atoms with Crippen molar-refractivity contribution in [2.24, 2.45) is 5.10 Å². The van der Waals surface area contributed by atoms with Crippen LogP contribution in [0.5, 0.6) is 11.5 Å². The Hall–Kier alpha value is -3.42. The van der Waals surface area contributed by atoms with Crippen LogP contribution in [0.3, 0.4) is 0 Å². The molecule has 0 fully saturated rings. The summed E-state index contributed by atoms with van der Waals surface area (Å²) in [6, 6.07) is 11.0. The van der Waals surface area contributed by atoms with Gasteiger partial charge in [0.15, 0.2) is 11.5 Å². The van der Waals surface area contributed by atoms with E-state index in [0.29, 0.717) is 23.5 Å². The van der Waals surface area contributed by atoms with Crippen molar-refractivity contribution in [2.45, 2.75) is 32.9 Å². The van der Waals surface area contributed by atoms with Crippen LogP contribution in [0.25, 0.3) is 0 Å². The van der Waals surface area contributed by atoms with E-state index in [9.17, 15) is 14.0 Å². The minimum absolute atomic E-state index is 0.109. The van der Waals surface area contributed by atoms with Gasteiger partial charge in [-0.3, -0.25) is 9.59 Å². The first-order chi connectivity index (χ1) is 13.9. The van der Waals surface area contributed by atoms with Crippen LogP contribution in [-0.4, -0.2) is 31.2 Å². The van der Waals surface area contributed by atoms with Crippen LogP contribution in [0.15, 0.2) is 47.6 Å². The number of benzene rings is 2. The van der Waals surface area contributed by atoms with Crippen LogP contribution in [0.1, 0.15) is 31.4 Å². The highest BCUT2D eigenvalue weighted by atomic mass is 19.1. The summed E-state index contributed by atoms with van der Waals surface area (Å²) >= 11 is 0. The molecule has 0 heterocycles. The molecule has 0 saturated carbocycles. The Labute approximate surface area is 168 Å². The second-order valence-electron chi connectivity index (χ2n) is 6.28. The molecule has 29 heavy (non-hydrogen) atoms. The summed E-state index contributed by atoms with van der Waals surface area (Å²) in [4.78, 5) is 23.5. The summed E-state index contributed by atoms with van der Waals surface area (Å²) < 4.78 is 24.2. The number of hydrogen-bond donors (Lipinski definition) is 2. The third kappa shape index (κ3) is 6.60. The van der Waals surface area contributed by atoms with Crippen LogP contribution in [0, 0.1) is 5.82 Å². The van der Waals surface area contributed by atoms with Crippen LogP contribution >= 0.6 is 0 Å².